The molecule has 0 spiro atoms. The normalized spacial score (nSPS) is 16.6. The quantitative estimate of drug-likeness (QED) is 0.901. The molecule has 1 aromatic carbocycles. The van der Waals surface area contributed by atoms with Gasteiger partial charge in [-0.05, 0) is 18.4 Å². The molecule has 1 aliphatic rings. The molecule has 1 saturated carbocycles. The third kappa shape index (κ3) is 2.98. The van der Waals surface area contributed by atoms with Gasteiger partial charge in [-0.2, -0.15) is 0 Å². The topological polar surface area (TPSA) is 38.9 Å². The van der Waals surface area contributed by atoms with Crippen molar-refractivity contribution < 1.29 is 0 Å². The van der Waals surface area contributed by atoms with Crippen LogP contribution in [0.1, 0.15) is 54.3 Å². The number of anilines is 1. The van der Waals surface area contributed by atoms with Gasteiger partial charge < -0.3 is 5.73 Å². The fraction of sp³-hybridized carbons (Fsp3) is 0.438. The van der Waals surface area contributed by atoms with Crippen molar-refractivity contribution >= 4 is 16.3 Å². The van der Waals surface area contributed by atoms with Crippen molar-refractivity contribution in [1.82, 2.24) is 4.98 Å². The molecule has 1 aromatic heterocycles. The predicted octanol–water partition coefficient (Wildman–Crippen LogP) is 4.36. The van der Waals surface area contributed by atoms with Crippen molar-refractivity contribution in [3.8, 4) is 0 Å². The summed E-state index contributed by atoms with van der Waals surface area (Å²) in [5.74, 6) is 0.658. The van der Waals surface area contributed by atoms with Crippen LogP contribution in [0.2, 0.25) is 0 Å². The summed E-state index contributed by atoms with van der Waals surface area (Å²) in [6.07, 6.45) is 7.51. The van der Waals surface area contributed by atoms with E-state index in [1.807, 2.05) is 6.07 Å². The Bertz CT molecular complexity index is 527. The largest absolute Gasteiger partial charge is 0.389 e. The predicted molar refractivity (Wildman–Crippen MR) is 81.6 cm³/mol. The summed E-state index contributed by atoms with van der Waals surface area (Å²) in [4.78, 5) is 4.82. The summed E-state index contributed by atoms with van der Waals surface area (Å²) in [5.41, 5.74) is 8.51. The second kappa shape index (κ2) is 5.74. The maximum atomic E-state index is 6.15. The van der Waals surface area contributed by atoms with Crippen LogP contribution in [0.5, 0.6) is 0 Å². The van der Waals surface area contributed by atoms with E-state index in [4.69, 9.17) is 10.7 Å². The van der Waals surface area contributed by atoms with Gasteiger partial charge in [0.05, 0.1) is 10.7 Å². The maximum absolute atomic E-state index is 6.15. The Kier molecular flexibility index (Phi) is 3.83. The van der Waals surface area contributed by atoms with E-state index in [1.54, 1.807) is 11.3 Å². The number of nitrogen functional groups attached to an aromatic ring is 1. The molecule has 0 bridgehead atoms. The van der Waals surface area contributed by atoms with Crippen molar-refractivity contribution in [1.29, 1.82) is 0 Å². The Hall–Kier alpha value is -1.35. The Labute approximate surface area is 118 Å². The van der Waals surface area contributed by atoms with E-state index in [0.717, 1.165) is 17.1 Å². The molecule has 3 heteroatoms. The fourth-order valence-corrected chi connectivity index (χ4v) is 3.84. The Morgan fingerprint density at radius 3 is 2.58 bits per heavy atom. The first-order valence-corrected chi connectivity index (χ1v) is 7.93. The number of nitrogens with zero attached hydrogens (tertiary/aromatic N) is 1. The van der Waals surface area contributed by atoms with Gasteiger partial charge in [0.15, 0.2) is 0 Å². The summed E-state index contributed by atoms with van der Waals surface area (Å²) in [5, 5.41) is 2.17. The highest BCUT2D eigenvalue weighted by atomic mass is 32.1. The van der Waals surface area contributed by atoms with E-state index in [0.29, 0.717) is 5.92 Å². The fourth-order valence-electron chi connectivity index (χ4n) is 2.82. The van der Waals surface area contributed by atoms with E-state index in [1.165, 1.54) is 42.7 Å². The zero-order chi connectivity index (χ0) is 13.1. The van der Waals surface area contributed by atoms with Gasteiger partial charge >= 0.3 is 0 Å². The van der Waals surface area contributed by atoms with Crippen LogP contribution in [-0.4, -0.2) is 4.98 Å². The molecule has 2 N–H and O–H groups in total. The van der Waals surface area contributed by atoms with E-state index < -0.39 is 0 Å². The highest BCUT2D eigenvalue weighted by Crippen LogP contribution is 2.37. The minimum atomic E-state index is 0.658. The Morgan fingerprint density at radius 2 is 1.84 bits per heavy atom. The van der Waals surface area contributed by atoms with Crippen molar-refractivity contribution in [2.45, 2.75) is 44.4 Å². The van der Waals surface area contributed by atoms with Gasteiger partial charge in [-0.1, -0.05) is 49.6 Å². The molecule has 1 heterocycles. The highest BCUT2D eigenvalue weighted by Gasteiger charge is 2.20. The minimum Gasteiger partial charge on any atom is -0.389 e. The lowest BCUT2D eigenvalue weighted by molar-refractivity contribution is 0.442. The van der Waals surface area contributed by atoms with Gasteiger partial charge in [-0.25, -0.2) is 4.98 Å². The number of hydrogen-bond acceptors (Lipinski definition) is 3. The molecule has 0 atom stereocenters. The average Bonchev–Trinajstić information content (AvgIpc) is 2.82. The highest BCUT2D eigenvalue weighted by molar-refractivity contribution is 7.15. The Balaban J connectivity index is 1.77. The molecule has 1 aliphatic carbocycles. The standard InChI is InChI=1S/C16H20N2S/c17-15-14(11-12-7-3-1-4-8-12)18-16(19-15)13-9-5-2-6-10-13/h1,3-4,7-8,13H,2,5-6,9-11,17H2. The summed E-state index contributed by atoms with van der Waals surface area (Å²) in [6.45, 7) is 0. The van der Waals surface area contributed by atoms with E-state index in [9.17, 15) is 0 Å². The third-order valence-corrected chi connectivity index (χ3v) is 5.00. The zero-order valence-electron chi connectivity index (χ0n) is 11.1. The lowest BCUT2D eigenvalue weighted by atomic mass is 9.90. The van der Waals surface area contributed by atoms with Crippen molar-refractivity contribution in [3.63, 3.8) is 0 Å². The lowest BCUT2D eigenvalue weighted by Gasteiger charge is -2.18. The van der Waals surface area contributed by atoms with Crippen molar-refractivity contribution in [2.24, 2.45) is 0 Å². The molecular formula is C16H20N2S. The lowest BCUT2D eigenvalue weighted by Crippen LogP contribution is -2.04. The molecule has 3 rings (SSSR count). The van der Waals surface area contributed by atoms with Gasteiger partial charge in [0.25, 0.3) is 0 Å². The van der Waals surface area contributed by atoms with Crippen LogP contribution in [0.3, 0.4) is 0 Å². The van der Waals surface area contributed by atoms with Crippen LogP contribution in [0.4, 0.5) is 5.00 Å². The molecular weight excluding hydrogens is 252 g/mol. The molecule has 0 aliphatic heterocycles. The van der Waals surface area contributed by atoms with Crippen LogP contribution in [0.25, 0.3) is 0 Å². The van der Waals surface area contributed by atoms with Crippen molar-refractivity contribution in [3.05, 3.63) is 46.6 Å². The van der Waals surface area contributed by atoms with Crippen LogP contribution in [0, 0.1) is 0 Å². The molecule has 2 aromatic rings. The number of aromatic nitrogens is 1. The summed E-state index contributed by atoms with van der Waals surface area (Å²) < 4.78 is 0. The van der Waals surface area contributed by atoms with Crippen LogP contribution < -0.4 is 5.73 Å². The number of rotatable bonds is 3. The molecule has 0 radical (unpaired) electrons. The zero-order valence-corrected chi connectivity index (χ0v) is 12.0. The van der Waals surface area contributed by atoms with Gasteiger partial charge in [0.1, 0.15) is 5.00 Å². The van der Waals surface area contributed by atoms with Crippen LogP contribution >= 0.6 is 11.3 Å². The third-order valence-electron chi connectivity index (χ3n) is 3.91. The Morgan fingerprint density at radius 1 is 1.11 bits per heavy atom. The second-order valence-corrected chi connectivity index (χ2v) is 6.42. The molecule has 0 unspecified atom stereocenters. The minimum absolute atomic E-state index is 0.658. The van der Waals surface area contributed by atoms with Crippen molar-refractivity contribution in [2.75, 3.05) is 5.73 Å². The number of thiazole rings is 1. The average molecular weight is 272 g/mol. The molecule has 2 nitrogen and oxygen atoms in total. The number of nitrogens with two attached hydrogens (primary N) is 1. The van der Waals surface area contributed by atoms with Gasteiger partial charge in [-0.15, -0.1) is 11.3 Å². The molecule has 0 saturated heterocycles. The maximum Gasteiger partial charge on any atom is 0.110 e. The number of benzene rings is 1. The van der Waals surface area contributed by atoms with E-state index in [-0.39, 0.29) is 0 Å². The van der Waals surface area contributed by atoms with E-state index >= 15 is 0 Å². The molecule has 19 heavy (non-hydrogen) atoms. The molecule has 1 fully saturated rings. The first kappa shape index (κ1) is 12.7. The van der Waals surface area contributed by atoms with E-state index in [2.05, 4.69) is 24.3 Å². The monoisotopic (exact) mass is 272 g/mol. The first-order chi connectivity index (χ1) is 9.33. The summed E-state index contributed by atoms with van der Waals surface area (Å²) in [7, 11) is 0. The van der Waals surface area contributed by atoms with Crippen LogP contribution in [-0.2, 0) is 6.42 Å². The summed E-state index contributed by atoms with van der Waals surface area (Å²) in [6, 6.07) is 10.5. The summed E-state index contributed by atoms with van der Waals surface area (Å²) >= 11 is 1.71. The van der Waals surface area contributed by atoms with Gasteiger partial charge in [-0.3, -0.25) is 0 Å². The molecule has 100 valence electrons. The first-order valence-electron chi connectivity index (χ1n) is 7.12. The SMILES string of the molecule is Nc1sc(C2CCCCC2)nc1Cc1ccccc1. The van der Waals surface area contributed by atoms with Gasteiger partial charge in [0, 0.05) is 12.3 Å². The number of hydrogen-bond donors (Lipinski definition) is 1. The smallest absolute Gasteiger partial charge is 0.110 e. The van der Waals surface area contributed by atoms with Gasteiger partial charge in [0.2, 0.25) is 0 Å². The molecule has 0 amide bonds. The van der Waals surface area contributed by atoms with Crippen LogP contribution in [0.15, 0.2) is 30.3 Å². The second-order valence-electron chi connectivity index (χ2n) is 5.36.